The van der Waals surface area contributed by atoms with E-state index in [9.17, 15) is 0 Å². The van der Waals surface area contributed by atoms with Crippen LogP contribution < -0.4 is 0 Å². The number of hydrogen-bond donors (Lipinski definition) is 0. The first-order valence-electron chi connectivity index (χ1n) is 7.01. The Kier molecular flexibility index (Phi) is 2.67. The summed E-state index contributed by atoms with van der Waals surface area (Å²) in [6, 6.07) is 11.6. The molecule has 0 saturated heterocycles. The van der Waals surface area contributed by atoms with Crippen molar-refractivity contribution in [3.63, 3.8) is 0 Å². The minimum atomic E-state index is 0.474. The maximum atomic E-state index is 2.49. The minimum absolute atomic E-state index is 0.474. The largest absolute Gasteiger partial charge is 0.338 e. The van der Waals surface area contributed by atoms with Gasteiger partial charge in [-0.25, -0.2) is 0 Å². The van der Waals surface area contributed by atoms with E-state index in [4.69, 9.17) is 0 Å². The van der Waals surface area contributed by atoms with Gasteiger partial charge in [-0.1, -0.05) is 24.3 Å². The molecule has 98 valence electrons. The minimum Gasteiger partial charge on any atom is -0.338 e. The fraction of sp³-hybridized carbons (Fsp3) is 0.333. The van der Waals surface area contributed by atoms with Crippen molar-refractivity contribution < 1.29 is 0 Å². The van der Waals surface area contributed by atoms with Crippen molar-refractivity contribution in [3.8, 4) is 0 Å². The molecule has 0 aliphatic heterocycles. The molecule has 1 nitrogen and oxygen atoms in total. The van der Waals surface area contributed by atoms with Crippen molar-refractivity contribution in [1.82, 2.24) is 4.57 Å². The van der Waals surface area contributed by atoms with Crippen LogP contribution in [0.5, 0.6) is 0 Å². The Morgan fingerprint density at radius 3 is 2.11 bits per heavy atom. The molecule has 1 heterocycles. The van der Waals surface area contributed by atoms with Crippen LogP contribution in [0.3, 0.4) is 0 Å². The van der Waals surface area contributed by atoms with Gasteiger partial charge in [0.05, 0.1) is 5.52 Å². The van der Waals surface area contributed by atoms with Crippen LogP contribution in [0.15, 0.2) is 30.3 Å². The van der Waals surface area contributed by atoms with E-state index in [0.29, 0.717) is 6.04 Å². The second-order valence-corrected chi connectivity index (χ2v) is 5.86. The molecule has 0 spiro atoms. The van der Waals surface area contributed by atoms with Crippen LogP contribution >= 0.6 is 0 Å². The van der Waals surface area contributed by atoms with Crippen LogP contribution in [0.2, 0.25) is 0 Å². The zero-order chi connectivity index (χ0) is 13.7. The van der Waals surface area contributed by atoms with Gasteiger partial charge in [0, 0.05) is 22.3 Å². The van der Waals surface area contributed by atoms with Gasteiger partial charge in [0.25, 0.3) is 0 Å². The Morgan fingerprint density at radius 1 is 0.789 bits per heavy atom. The normalized spacial score (nSPS) is 11.9. The summed E-state index contributed by atoms with van der Waals surface area (Å²) in [6.07, 6.45) is 0. The maximum Gasteiger partial charge on any atom is 0.0526 e. The van der Waals surface area contributed by atoms with E-state index in [1.807, 2.05) is 0 Å². The molecule has 0 saturated carbocycles. The van der Waals surface area contributed by atoms with Gasteiger partial charge >= 0.3 is 0 Å². The molecule has 1 aromatic heterocycles. The topological polar surface area (TPSA) is 4.93 Å². The zero-order valence-corrected chi connectivity index (χ0v) is 12.4. The molecule has 0 unspecified atom stereocenters. The molecule has 3 aromatic rings. The van der Waals surface area contributed by atoms with Crippen molar-refractivity contribution in [2.24, 2.45) is 0 Å². The van der Waals surface area contributed by atoms with Crippen molar-refractivity contribution in [2.45, 2.75) is 40.7 Å². The molecular formula is C18H21N. The Balaban J connectivity index is 2.71. The number of fused-ring (bicyclic) bond motifs is 3. The molecule has 0 atom stereocenters. The van der Waals surface area contributed by atoms with Gasteiger partial charge in [-0.2, -0.15) is 0 Å². The molecule has 0 N–H and O–H groups in total. The molecule has 0 aliphatic carbocycles. The molecule has 0 fully saturated rings. The number of benzene rings is 2. The monoisotopic (exact) mass is 251 g/mol. The van der Waals surface area contributed by atoms with E-state index in [2.05, 4.69) is 69.5 Å². The number of hydrogen-bond acceptors (Lipinski definition) is 0. The summed E-state index contributed by atoms with van der Waals surface area (Å²) >= 11 is 0. The molecule has 3 rings (SSSR count). The van der Waals surface area contributed by atoms with E-state index in [1.165, 1.54) is 38.5 Å². The summed E-state index contributed by atoms with van der Waals surface area (Å²) in [5, 5.41) is 2.86. The second-order valence-electron chi connectivity index (χ2n) is 5.86. The number of nitrogens with zero attached hydrogens (tertiary/aromatic N) is 1. The van der Waals surface area contributed by atoms with Gasteiger partial charge in [-0.15, -0.1) is 0 Å². The number of rotatable bonds is 1. The van der Waals surface area contributed by atoms with Gasteiger partial charge in [0.1, 0.15) is 0 Å². The highest BCUT2D eigenvalue weighted by Gasteiger charge is 2.16. The predicted octanol–water partition coefficient (Wildman–Crippen LogP) is 5.30. The predicted molar refractivity (Wildman–Crippen MR) is 84.0 cm³/mol. The zero-order valence-electron chi connectivity index (χ0n) is 12.4. The Bertz CT molecular complexity index is 775. The SMILES string of the molecule is Cc1cccc2c1c1c(C)ccc(C)c1n2C(C)C. The first-order valence-corrected chi connectivity index (χ1v) is 7.01. The summed E-state index contributed by atoms with van der Waals surface area (Å²) in [5.41, 5.74) is 6.88. The van der Waals surface area contributed by atoms with E-state index in [0.717, 1.165) is 0 Å². The molecule has 0 amide bonds. The highest BCUT2D eigenvalue weighted by Crippen LogP contribution is 2.37. The lowest BCUT2D eigenvalue weighted by molar-refractivity contribution is 0.641. The van der Waals surface area contributed by atoms with Crippen LogP contribution in [0, 0.1) is 20.8 Å². The summed E-state index contributed by atoms with van der Waals surface area (Å²) in [5.74, 6) is 0. The van der Waals surface area contributed by atoms with Gasteiger partial charge in [-0.3, -0.25) is 0 Å². The van der Waals surface area contributed by atoms with Crippen LogP contribution in [0.4, 0.5) is 0 Å². The average molecular weight is 251 g/mol. The van der Waals surface area contributed by atoms with Gasteiger partial charge in [0.2, 0.25) is 0 Å². The summed E-state index contributed by atoms with van der Waals surface area (Å²) in [4.78, 5) is 0. The second kappa shape index (κ2) is 4.12. The van der Waals surface area contributed by atoms with Crippen molar-refractivity contribution >= 4 is 21.8 Å². The first-order chi connectivity index (χ1) is 9.02. The lowest BCUT2D eigenvalue weighted by Crippen LogP contribution is -2.01. The quantitative estimate of drug-likeness (QED) is 0.553. The maximum absolute atomic E-state index is 2.49. The third kappa shape index (κ3) is 1.61. The Morgan fingerprint density at radius 2 is 1.42 bits per heavy atom. The van der Waals surface area contributed by atoms with Crippen LogP contribution in [0.1, 0.15) is 36.6 Å². The van der Waals surface area contributed by atoms with E-state index in [1.54, 1.807) is 0 Å². The van der Waals surface area contributed by atoms with Crippen molar-refractivity contribution in [3.05, 3.63) is 47.0 Å². The Labute approximate surface area is 114 Å². The lowest BCUT2D eigenvalue weighted by Gasteiger charge is -2.13. The standard InChI is InChI=1S/C18H21N/c1-11(2)19-15-8-6-7-12(3)16(15)17-13(4)9-10-14(5)18(17)19/h6-11H,1-5H3. The van der Waals surface area contributed by atoms with Crippen LogP contribution in [0.25, 0.3) is 21.8 Å². The third-order valence-electron chi connectivity index (χ3n) is 4.11. The van der Waals surface area contributed by atoms with Gasteiger partial charge in [-0.05, 0) is 57.4 Å². The fourth-order valence-corrected chi connectivity index (χ4v) is 3.26. The third-order valence-corrected chi connectivity index (χ3v) is 4.11. The van der Waals surface area contributed by atoms with E-state index in [-0.39, 0.29) is 0 Å². The van der Waals surface area contributed by atoms with Gasteiger partial charge in [0.15, 0.2) is 0 Å². The van der Waals surface area contributed by atoms with E-state index < -0.39 is 0 Å². The highest BCUT2D eigenvalue weighted by molar-refractivity contribution is 6.12. The number of aromatic nitrogens is 1. The molecule has 2 aromatic carbocycles. The molecule has 0 radical (unpaired) electrons. The molecule has 1 heteroatoms. The highest BCUT2D eigenvalue weighted by atomic mass is 15.0. The lowest BCUT2D eigenvalue weighted by atomic mass is 10.0. The summed E-state index contributed by atoms with van der Waals surface area (Å²) in [6.45, 7) is 11.2. The molecule has 19 heavy (non-hydrogen) atoms. The smallest absolute Gasteiger partial charge is 0.0526 e. The molecule has 0 bridgehead atoms. The van der Waals surface area contributed by atoms with Crippen molar-refractivity contribution in [2.75, 3.05) is 0 Å². The fourth-order valence-electron chi connectivity index (χ4n) is 3.26. The average Bonchev–Trinajstić information content (AvgIpc) is 2.71. The van der Waals surface area contributed by atoms with Crippen LogP contribution in [-0.2, 0) is 0 Å². The molecule has 0 aliphatic rings. The summed E-state index contributed by atoms with van der Waals surface area (Å²) in [7, 11) is 0. The van der Waals surface area contributed by atoms with Gasteiger partial charge < -0.3 is 4.57 Å². The number of aryl methyl sites for hydroxylation is 3. The first kappa shape index (κ1) is 12.3. The van der Waals surface area contributed by atoms with Crippen molar-refractivity contribution in [1.29, 1.82) is 0 Å². The van der Waals surface area contributed by atoms with Crippen LogP contribution in [-0.4, -0.2) is 4.57 Å². The summed E-state index contributed by atoms with van der Waals surface area (Å²) < 4.78 is 2.49. The Hall–Kier alpha value is -1.76. The van der Waals surface area contributed by atoms with E-state index >= 15 is 0 Å². The molecular weight excluding hydrogens is 230 g/mol.